The fourth-order valence-corrected chi connectivity index (χ4v) is 3.01. The Morgan fingerprint density at radius 2 is 1.65 bits per heavy atom. The van der Waals surface area contributed by atoms with E-state index < -0.39 is 0 Å². The first-order valence-electron chi connectivity index (χ1n) is 6.78. The highest BCUT2D eigenvalue weighted by atomic mass is 32.2. The predicted octanol–water partition coefficient (Wildman–Crippen LogP) is 4.90. The van der Waals surface area contributed by atoms with Crippen molar-refractivity contribution >= 4 is 17.5 Å². The lowest BCUT2D eigenvalue weighted by Crippen LogP contribution is -2.03. The van der Waals surface area contributed by atoms with Gasteiger partial charge in [0, 0.05) is 10.5 Å². The molecule has 0 radical (unpaired) electrons. The van der Waals surface area contributed by atoms with Crippen LogP contribution in [0.25, 0.3) is 0 Å². The molecule has 2 rings (SSSR count). The first-order valence-corrected chi connectivity index (χ1v) is 7.76. The molecule has 0 aliphatic heterocycles. The zero-order chi connectivity index (χ0) is 14.7. The molecule has 1 nitrogen and oxygen atoms in total. The Bertz CT molecular complexity index is 644. The Hall–Kier alpha value is -1.54. The number of aryl methyl sites for hydroxylation is 4. The van der Waals surface area contributed by atoms with E-state index in [0.29, 0.717) is 5.75 Å². The largest absolute Gasteiger partial charge is 0.293 e. The molecule has 0 amide bonds. The van der Waals surface area contributed by atoms with Crippen LogP contribution in [-0.2, 0) is 0 Å². The van der Waals surface area contributed by atoms with Gasteiger partial charge in [-0.05, 0) is 56.5 Å². The van der Waals surface area contributed by atoms with Crippen molar-refractivity contribution in [3.8, 4) is 0 Å². The van der Waals surface area contributed by atoms with Crippen molar-refractivity contribution in [3.63, 3.8) is 0 Å². The molecule has 0 aromatic heterocycles. The number of rotatable bonds is 4. The zero-order valence-electron chi connectivity index (χ0n) is 12.5. The summed E-state index contributed by atoms with van der Waals surface area (Å²) in [5.74, 6) is 0.685. The van der Waals surface area contributed by atoms with Crippen molar-refractivity contribution < 1.29 is 4.79 Å². The second kappa shape index (κ2) is 6.27. The number of thioether (sulfide) groups is 1. The maximum atomic E-state index is 12.2. The second-order valence-electron chi connectivity index (χ2n) is 5.28. The molecular weight excluding hydrogens is 264 g/mol. The summed E-state index contributed by atoms with van der Waals surface area (Å²) in [6.45, 7) is 8.29. The standard InChI is InChI=1S/C18H20OS/c1-12-5-8-18(15(4)9-12)20-11-17(19)16-7-6-13(2)14(3)10-16/h5-10H,11H2,1-4H3. The lowest BCUT2D eigenvalue weighted by molar-refractivity contribution is 0.102. The Morgan fingerprint density at radius 3 is 2.30 bits per heavy atom. The molecule has 0 unspecified atom stereocenters. The van der Waals surface area contributed by atoms with E-state index in [0.717, 1.165) is 5.56 Å². The van der Waals surface area contributed by atoms with Crippen molar-refractivity contribution in [2.24, 2.45) is 0 Å². The van der Waals surface area contributed by atoms with Gasteiger partial charge in [-0.25, -0.2) is 0 Å². The number of Topliss-reactive ketones (excluding diaryl/α,β-unsaturated/α-hetero) is 1. The average molecular weight is 284 g/mol. The minimum Gasteiger partial charge on any atom is -0.293 e. The first kappa shape index (κ1) is 14.9. The monoisotopic (exact) mass is 284 g/mol. The highest BCUT2D eigenvalue weighted by Gasteiger charge is 2.09. The van der Waals surface area contributed by atoms with E-state index in [9.17, 15) is 4.79 Å². The summed E-state index contributed by atoms with van der Waals surface area (Å²) in [6, 6.07) is 12.3. The van der Waals surface area contributed by atoms with Crippen LogP contribution in [0.3, 0.4) is 0 Å². The molecule has 0 spiro atoms. The van der Waals surface area contributed by atoms with Crippen LogP contribution >= 0.6 is 11.8 Å². The first-order chi connectivity index (χ1) is 9.47. The Morgan fingerprint density at radius 1 is 0.900 bits per heavy atom. The summed E-state index contributed by atoms with van der Waals surface area (Å²) in [4.78, 5) is 13.4. The number of hydrogen-bond acceptors (Lipinski definition) is 2. The van der Waals surface area contributed by atoms with Crippen LogP contribution in [0.1, 0.15) is 32.6 Å². The Kier molecular flexibility index (Phi) is 4.66. The summed E-state index contributed by atoms with van der Waals surface area (Å²) in [7, 11) is 0. The van der Waals surface area contributed by atoms with Gasteiger partial charge in [0.1, 0.15) is 0 Å². The van der Waals surface area contributed by atoms with Crippen molar-refractivity contribution in [1.82, 2.24) is 0 Å². The third-order valence-corrected chi connectivity index (χ3v) is 4.69. The third-order valence-electron chi connectivity index (χ3n) is 3.52. The minimum absolute atomic E-state index is 0.193. The second-order valence-corrected chi connectivity index (χ2v) is 6.30. The molecule has 0 saturated carbocycles. The quantitative estimate of drug-likeness (QED) is 0.587. The van der Waals surface area contributed by atoms with E-state index in [1.54, 1.807) is 11.8 Å². The lowest BCUT2D eigenvalue weighted by Gasteiger charge is -2.07. The van der Waals surface area contributed by atoms with Crippen LogP contribution < -0.4 is 0 Å². The minimum atomic E-state index is 0.193. The topological polar surface area (TPSA) is 17.1 Å². The maximum Gasteiger partial charge on any atom is 0.173 e. The Labute approximate surface area is 125 Å². The molecule has 0 atom stereocenters. The van der Waals surface area contributed by atoms with Gasteiger partial charge in [-0.2, -0.15) is 0 Å². The van der Waals surface area contributed by atoms with E-state index in [1.165, 1.54) is 27.1 Å². The van der Waals surface area contributed by atoms with Gasteiger partial charge in [0.05, 0.1) is 5.75 Å². The average Bonchev–Trinajstić information content (AvgIpc) is 2.40. The molecule has 2 heteroatoms. The molecule has 0 heterocycles. The van der Waals surface area contributed by atoms with Gasteiger partial charge in [-0.15, -0.1) is 11.8 Å². The molecule has 2 aromatic rings. The fourth-order valence-electron chi connectivity index (χ4n) is 2.10. The van der Waals surface area contributed by atoms with Gasteiger partial charge in [0.2, 0.25) is 0 Å². The number of hydrogen-bond donors (Lipinski definition) is 0. The van der Waals surface area contributed by atoms with Gasteiger partial charge in [0.15, 0.2) is 5.78 Å². The zero-order valence-corrected chi connectivity index (χ0v) is 13.3. The van der Waals surface area contributed by atoms with E-state index in [-0.39, 0.29) is 5.78 Å². The molecule has 104 valence electrons. The van der Waals surface area contributed by atoms with Crippen LogP contribution in [0.2, 0.25) is 0 Å². The number of carbonyl (C=O) groups excluding carboxylic acids is 1. The van der Waals surface area contributed by atoms with Gasteiger partial charge in [-0.1, -0.05) is 29.8 Å². The smallest absolute Gasteiger partial charge is 0.173 e. The van der Waals surface area contributed by atoms with Crippen molar-refractivity contribution in [2.75, 3.05) is 5.75 Å². The van der Waals surface area contributed by atoms with Gasteiger partial charge in [0.25, 0.3) is 0 Å². The van der Waals surface area contributed by atoms with Gasteiger partial charge in [-0.3, -0.25) is 4.79 Å². The maximum absolute atomic E-state index is 12.2. The molecule has 0 bridgehead atoms. The highest BCUT2D eigenvalue weighted by molar-refractivity contribution is 8.00. The van der Waals surface area contributed by atoms with Crippen molar-refractivity contribution in [3.05, 3.63) is 64.2 Å². The Balaban J connectivity index is 2.06. The number of carbonyl (C=O) groups is 1. The van der Waals surface area contributed by atoms with E-state index >= 15 is 0 Å². The van der Waals surface area contributed by atoms with Crippen LogP contribution in [0.15, 0.2) is 41.3 Å². The van der Waals surface area contributed by atoms with Crippen molar-refractivity contribution in [1.29, 1.82) is 0 Å². The van der Waals surface area contributed by atoms with Crippen LogP contribution in [0, 0.1) is 27.7 Å². The third kappa shape index (κ3) is 3.51. The van der Waals surface area contributed by atoms with Crippen molar-refractivity contribution in [2.45, 2.75) is 32.6 Å². The van der Waals surface area contributed by atoms with Crippen LogP contribution in [0.5, 0.6) is 0 Å². The number of ketones is 1. The molecule has 0 saturated heterocycles. The van der Waals surface area contributed by atoms with E-state index in [1.807, 2.05) is 25.1 Å². The summed E-state index contributed by atoms with van der Waals surface area (Å²) in [5, 5.41) is 0. The van der Waals surface area contributed by atoms with E-state index in [4.69, 9.17) is 0 Å². The summed E-state index contributed by atoms with van der Waals surface area (Å²) < 4.78 is 0. The summed E-state index contributed by atoms with van der Waals surface area (Å²) in [5.41, 5.74) is 5.71. The molecule has 0 fully saturated rings. The highest BCUT2D eigenvalue weighted by Crippen LogP contribution is 2.24. The van der Waals surface area contributed by atoms with Crippen LogP contribution in [-0.4, -0.2) is 11.5 Å². The molecule has 0 N–H and O–H groups in total. The van der Waals surface area contributed by atoms with Gasteiger partial charge >= 0.3 is 0 Å². The van der Waals surface area contributed by atoms with Gasteiger partial charge < -0.3 is 0 Å². The van der Waals surface area contributed by atoms with E-state index in [2.05, 4.69) is 39.0 Å². The lowest BCUT2D eigenvalue weighted by atomic mass is 10.0. The van der Waals surface area contributed by atoms with Crippen LogP contribution in [0.4, 0.5) is 0 Å². The SMILES string of the molecule is Cc1ccc(SCC(=O)c2ccc(C)c(C)c2)c(C)c1. The molecule has 20 heavy (non-hydrogen) atoms. The number of benzene rings is 2. The molecule has 0 aliphatic carbocycles. The summed E-state index contributed by atoms with van der Waals surface area (Å²) >= 11 is 1.62. The molecule has 2 aromatic carbocycles. The molecular formula is C18H20OS. The molecule has 0 aliphatic rings. The summed E-state index contributed by atoms with van der Waals surface area (Å²) in [6.07, 6.45) is 0. The predicted molar refractivity (Wildman–Crippen MR) is 86.9 cm³/mol. The fraction of sp³-hybridized carbons (Fsp3) is 0.278. The normalized spacial score (nSPS) is 10.6.